The molecule has 0 saturated carbocycles. The lowest BCUT2D eigenvalue weighted by Gasteiger charge is -2.18. The topological polar surface area (TPSA) is 62.1 Å². The van der Waals surface area contributed by atoms with Crippen LogP contribution in [0.2, 0.25) is 5.02 Å². The number of carbonyl (C=O) groups excluding carboxylic acids is 1. The minimum atomic E-state index is -0.220. The molecule has 0 aliphatic rings. The summed E-state index contributed by atoms with van der Waals surface area (Å²) in [5.74, 6) is 0.164. The zero-order valence-corrected chi connectivity index (χ0v) is 14.4. The van der Waals surface area contributed by atoms with Gasteiger partial charge in [-0.1, -0.05) is 48.4 Å². The highest BCUT2D eigenvalue weighted by Crippen LogP contribution is 2.25. The number of benzene rings is 2. The zero-order valence-electron chi connectivity index (χ0n) is 13.7. The van der Waals surface area contributed by atoms with E-state index in [1.54, 1.807) is 12.1 Å². The van der Waals surface area contributed by atoms with Gasteiger partial charge < -0.3 is 10.1 Å². The summed E-state index contributed by atoms with van der Waals surface area (Å²) in [5, 5.41) is 12.1. The van der Waals surface area contributed by atoms with Gasteiger partial charge >= 0.3 is 0 Å². The smallest absolute Gasteiger partial charge is 0.258 e. The van der Waals surface area contributed by atoms with Crippen molar-refractivity contribution in [2.75, 3.05) is 6.61 Å². The summed E-state index contributed by atoms with van der Waals surface area (Å²) >= 11 is 6.03. The first-order chi connectivity index (χ1) is 11.5. The minimum Gasteiger partial charge on any atom is -0.482 e. The second-order valence-electron chi connectivity index (χ2n) is 5.48. The summed E-state index contributed by atoms with van der Waals surface area (Å²) in [4.78, 5) is 12.1. The number of nitrogens with zero attached hydrogens (tertiary/aromatic N) is 1. The predicted octanol–water partition coefficient (Wildman–Crippen LogP) is 4.17. The quantitative estimate of drug-likeness (QED) is 0.857. The second-order valence-corrected chi connectivity index (χ2v) is 5.89. The average Bonchev–Trinajstić information content (AvgIpc) is 2.59. The van der Waals surface area contributed by atoms with Crippen LogP contribution >= 0.6 is 11.6 Å². The lowest BCUT2D eigenvalue weighted by molar-refractivity contribution is -0.123. The van der Waals surface area contributed by atoms with Crippen molar-refractivity contribution >= 4 is 17.5 Å². The molecule has 24 heavy (non-hydrogen) atoms. The van der Waals surface area contributed by atoms with Gasteiger partial charge in [0.1, 0.15) is 5.75 Å². The lowest BCUT2D eigenvalue weighted by atomic mass is 10.0. The maximum absolute atomic E-state index is 12.1. The molecule has 1 N–H and O–H groups in total. The van der Waals surface area contributed by atoms with E-state index in [-0.39, 0.29) is 18.6 Å². The normalized spacial score (nSPS) is 11.4. The monoisotopic (exact) mass is 342 g/mol. The molecule has 2 aromatic carbocycles. The largest absolute Gasteiger partial charge is 0.482 e. The average molecular weight is 343 g/mol. The second kappa shape index (κ2) is 8.37. The van der Waals surface area contributed by atoms with Gasteiger partial charge in [-0.3, -0.25) is 4.79 Å². The van der Waals surface area contributed by atoms with Crippen LogP contribution in [0.15, 0.2) is 42.5 Å². The molecular formula is C19H19ClN2O2. The summed E-state index contributed by atoms with van der Waals surface area (Å²) in [6.07, 6.45) is 0.784. The molecule has 124 valence electrons. The fourth-order valence-electron chi connectivity index (χ4n) is 2.29. The molecule has 1 amide bonds. The van der Waals surface area contributed by atoms with E-state index in [4.69, 9.17) is 21.6 Å². The molecule has 1 atom stereocenters. The van der Waals surface area contributed by atoms with Crippen LogP contribution in [-0.2, 0) is 4.79 Å². The van der Waals surface area contributed by atoms with Gasteiger partial charge in [-0.15, -0.1) is 0 Å². The molecular weight excluding hydrogens is 324 g/mol. The van der Waals surface area contributed by atoms with Crippen molar-refractivity contribution in [3.63, 3.8) is 0 Å². The molecule has 0 aromatic heterocycles. The number of amides is 1. The first-order valence-corrected chi connectivity index (χ1v) is 8.09. The van der Waals surface area contributed by atoms with Crippen LogP contribution in [0, 0.1) is 18.3 Å². The van der Waals surface area contributed by atoms with Crippen LogP contribution in [0.25, 0.3) is 0 Å². The first kappa shape index (κ1) is 17.8. The molecule has 0 bridgehead atoms. The van der Waals surface area contributed by atoms with Crippen LogP contribution < -0.4 is 10.1 Å². The van der Waals surface area contributed by atoms with E-state index in [1.165, 1.54) is 11.6 Å². The highest BCUT2D eigenvalue weighted by molar-refractivity contribution is 6.32. The Morgan fingerprint density at radius 2 is 2.00 bits per heavy atom. The molecule has 0 spiro atoms. The molecule has 2 aromatic rings. The molecule has 0 heterocycles. The predicted molar refractivity (Wildman–Crippen MR) is 94.0 cm³/mol. The molecule has 2 rings (SSSR count). The first-order valence-electron chi connectivity index (χ1n) is 7.72. The molecule has 0 aliphatic heterocycles. The van der Waals surface area contributed by atoms with Crippen LogP contribution in [0.5, 0.6) is 5.75 Å². The third kappa shape index (κ3) is 4.74. The van der Waals surface area contributed by atoms with Crippen LogP contribution in [-0.4, -0.2) is 12.5 Å². The van der Waals surface area contributed by atoms with Gasteiger partial charge in [0.2, 0.25) is 0 Å². The van der Waals surface area contributed by atoms with Gasteiger partial charge in [0.25, 0.3) is 5.91 Å². The molecule has 0 unspecified atom stereocenters. The van der Waals surface area contributed by atoms with Crippen molar-refractivity contribution in [2.45, 2.75) is 26.3 Å². The molecule has 5 heteroatoms. The van der Waals surface area contributed by atoms with Crippen LogP contribution in [0.4, 0.5) is 0 Å². The summed E-state index contributed by atoms with van der Waals surface area (Å²) in [6, 6.07) is 14.7. The zero-order chi connectivity index (χ0) is 17.5. The van der Waals surface area contributed by atoms with E-state index in [2.05, 4.69) is 5.32 Å². The standard InChI is InChI=1S/C19H19ClN2O2/c1-3-17(15-7-4-13(2)5-8-15)22-19(23)12-24-18-9-6-14(11-21)10-16(18)20/h4-10,17H,3,12H2,1-2H3,(H,22,23)/t17-/m1/s1. The number of nitriles is 1. The number of carbonyl (C=O) groups is 1. The fourth-order valence-corrected chi connectivity index (χ4v) is 2.52. The third-order valence-electron chi connectivity index (χ3n) is 3.64. The van der Waals surface area contributed by atoms with Crippen LogP contribution in [0.3, 0.4) is 0 Å². The molecule has 0 saturated heterocycles. The molecule has 0 aliphatic carbocycles. The van der Waals surface area contributed by atoms with E-state index < -0.39 is 0 Å². The number of halogens is 1. The van der Waals surface area contributed by atoms with Gasteiger partial charge in [-0.05, 0) is 37.1 Å². The Balaban J connectivity index is 1.94. The molecule has 0 fully saturated rings. The highest BCUT2D eigenvalue weighted by atomic mass is 35.5. The van der Waals surface area contributed by atoms with Crippen molar-refractivity contribution in [3.05, 3.63) is 64.2 Å². The number of hydrogen-bond donors (Lipinski definition) is 1. The number of rotatable bonds is 6. The SMILES string of the molecule is CC[C@@H](NC(=O)COc1ccc(C#N)cc1Cl)c1ccc(C)cc1. The maximum Gasteiger partial charge on any atom is 0.258 e. The summed E-state index contributed by atoms with van der Waals surface area (Å²) in [5.41, 5.74) is 2.69. The van der Waals surface area contributed by atoms with Gasteiger partial charge in [0.05, 0.1) is 22.7 Å². The van der Waals surface area contributed by atoms with E-state index >= 15 is 0 Å². The Bertz CT molecular complexity index is 751. The Morgan fingerprint density at radius 3 is 2.58 bits per heavy atom. The van der Waals surface area contributed by atoms with E-state index in [0.717, 1.165) is 12.0 Å². The molecule has 0 radical (unpaired) electrons. The highest BCUT2D eigenvalue weighted by Gasteiger charge is 2.13. The Morgan fingerprint density at radius 1 is 1.29 bits per heavy atom. The lowest BCUT2D eigenvalue weighted by Crippen LogP contribution is -2.32. The summed E-state index contributed by atoms with van der Waals surface area (Å²) < 4.78 is 5.45. The summed E-state index contributed by atoms with van der Waals surface area (Å²) in [7, 11) is 0. The van der Waals surface area contributed by atoms with E-state index in [1.807, 2.05) is 44.2 Å². The minimum absolute atomic E-state index is 0.0573. The van der Waals surface area contributed by atoms with Crippen molar-refractivity contribution in [2.24, 2.45) is 0 Å². The number of ether oxygens (including phenoxy) is 1. The van der Waals surface area contributed by atoms with Crippen molar-refractivity contribution in [1.82, 2.24) is 5.32 Å². The van der Waals surface area contributed by atoms with Crippen molar-refractivity contribution in [3.8, 4) is 11.8 Å². The van der Waals surface area contributed by atoms with Crippen molar-refractivity contribution in [1.29, 1.82) is 5.26 Å². The summed E-state index contributed by atoms with van der Waals surface area (Å²) in [6.45, 7) is 3.91. The number of aryl methyl sites for hydroxylation is 1. The van der Waals surface area contributed by atoms with Gasteiger partial charge in [-0.2, -0.15) is 5.26 Å². The Kier molecular flexibility index (Phi) is 6.22. The fraction of sp³-hybridized carbons (Fsp3) is 0.263. The van der Waals surface area contributed by atoms with E-state index in [0.29, 0.717) is 16.3 Å². The Labute approximate surface area is 147 Å². The number of hydrogen-bond acceptors (Lipinski definition) is 3. The van der Waals surface area contributed by atoms with Gasteiger partial charge in [-0.25, -0.2) is 0 Å². The Hall–Kier alpha value is -2.51. The number of nitrogens with one attached hydrogen (secondary N) is 1. The third-order valence-corrected chi connectivity index (χ3v) is 3.94. The maximum atomic E-state index is 12.1. The van der Waals surface area contributed by atoms with Gasteiger partial charge in [0, 0.05) is 0 Å². The molecule has 4 nitrogen and oxygen atoms in total. The van der Waals surface area contributed by atoms with Crippen LogP contribution in [0.1, 0.15) is 36.1 Å². The van der Waals surface area contributed by atoms with Gasteiger partial charge in [0.15, 0.2) is 6.61 Å². The van der Waals surface area contributed by atoms with E-state index in [9.17, 15) is 4.79 Å². The van der Waals surface area contributed by atoms with Crippen molar-refractivity contribution < 1.29 is 9.53 Å².